The molecule has 0 aromatic carbocycles. The molecule has 0 heterocycles. The van der Waals surface area contributed by atoms with E-state index in [1.165, 1.54) is 0 Å². The average Bonchev–Trinajstić information content (AvgIpc) is 1.62. The summed E-state index contributed by atoms with van der Waals surface area (Å²) in [6.45, 7) is 0. The van der Waals surface area contributed by atoms with Gasteiger partial charge in [-0.1, -0.05) is 0 Å². The van der Waals surface area contributed by atoms with Crippen LogP contribution in [0.4, 0.5) is 0 Å². The second-order valence-corrected chi connectivity index (χ2v) is 6.23. The molecule has 0 aromatic heterocycles. The van der Waals surface area contributed by atoms with Crippen molar-refractivity contribution in [2.24, 2.45) is 0 Å². The smallest absolute Gasteiger partial charge is 4.00 e. The topological polar surface area (TPSA) is 297 Å². The van der Waals surface area contributed by atoms with Crippen LogP contribution in [0.5, 0.6) is 0 Å². The van der Waals surface area contributed by atoms with Crippen LogP contribution in [0, 0.1) is 0 Å². The minimum atomic E-state index is -5.62. The first-order chi connectivity index (χ1) is 8.00. The SMILES string of the molecule is [O]=[Mn](=[O])(=[O])[O-].[O]=[Mn](=[O])(=[O])[O-].[O]=[Mn](=[O])(=[O])[O-].[O]=[Mn](=[O])(=[O])[O-].[Zr+4]. The molecule has 16 nitrogen and oxygen atoms in total. The van der Waals surface area contributed by atoms with Crippen LogP contribution in [0.3, 0.4) is 0 Å². The van der Waals surface area contributed by atoms with Crippen molar-refractivity contribution in [3.05, 3.63) is 0 Å². The van der Waals surface area contributed by atoms with Gasteiger partial charge in [-0.15, -0.1) is 0 Å². The van der Waals surface area contributed by atoms with E-state index in [2.05, 4.69) is 0 Å². The van der Waals surface area contributed by atoms with E-state index in [1.54, 1.807) is 0 Å². The minimum absolute atomic E-state index is 0. The van der Waals surface area contributed by atoms with Gasteiger partial charge in [0.1, 0.15) is 0 Å². The number of rotatable bonds is 0. The van der Waals surface area contributed by atoms with Crippen molar-refractivity contribution in [3.63, 3.8) is 0 Å². The maximum atomic E-state index is 8.58. The molecule has 0 aliphatic carbocycles. The first-order valence-corrected chi connectivity index (χ1v) is 10.2. The summed E-state index contributed by atoms with van der Waals surface area (Å²) < 4.78 is 137. The van der Waals surface area contributed by atoms with E-state index < -0.39 is 51.9 Å². The second-order valence-electron chi connectivity index (χ2n) is 1.51. The fourth-order valence-electron chi connectivity index (χ4n) is 0. The van der Waals surface area contributed by atoms with E-state index in [0.717, 1.165) is 0 Å². The van der Waals surface area contributed by atoms with Crippen LogP contribution >= 0.6 is 0 Å². The third-order valence-electron chi connectivity index (χ3n) is 0. The first kappa shape index (κ1) is 33.1. The van der Waals surface area contributed by atoms with E-state index in [9.17, 15) is 0 Å². The van der Waals surface area contributed by atoms with Crippen LogP contribution in [0.25, 0.3) is 0 Å². The van der Waals surface area contributed by atoms with Crippen molar-refractivity contribution in [2.75, 3.05) is 0 Å². The van der Waals surface area contributed by atoms with Crippen LogP contribution in [0.15, 0.2) is 0 Å². The van der Waals surface area contributed by atoms with E-state index in [0.29, 0.717) is 0 Å². The Balaban J connectivity index is -0.0000000533. The van der Waals surface area contributed by atoms with E-state index in [4.69, 9.17) is 62.8 Å². The molecule has 0 amide bonds. The first-order valence-electron chi connectivity index (χ1n) is 2.47. The van der Waals surface area contributed by atoms with Gasteiger partial charge in [-0.05, 0) is 0 Å². The fraction of sp³-hybridized carbons (Fsp3) is 0. The van der Waals surface area contributed by atoms with Gasteiger partial charge in [0.15, 0.2) is 0 Å². The standard InChI is InChI=1S/4Mn.16O.Zr/q;;;;;;;;;;;;;;;;4*-1;+4. The van der Waals surface area contributed by atoms with Crippen LogP contribution in [0.2, 0.25) is 0 Å². The molecule has 21 heavy (non-hydrogen) atoms. The summed E-state index contributed by atoms with van der Waals surface area (Å²) in [7, 11) is 0. The Labute approximate surface area is 139 Å². The van der Waals surface area contributed by atoms with Gasteiger partial charge in [-0.25, -0.2) is 0 Å². The molecule has 0 saturated heterocycles. The third-order valence-corrected chi connectivity index (χ3v) is 0. The molecule has 128 valence electrons. The second kappa shape index (κ2) is 12.9. The summed E-state index contributed by atoms with van der Waals surface area (Å²) >= 11 is -22.5. The number of hydrogen-bond acceptors (Lipinski definition) is 16. The Morgan fingerprint density at radius 3 is 0.333 bits per heavy atom. The quantitative estimate of drug-likeness (QED) is 0.246. The van der Waals surface area contributed by atoms with Gasteiger partial charge in [0, 0.05) is 0 Å². The molecule has 0 N–H and O–H groups in total. The predicted molar refractivity (Wildman–Crippen MR) is 8.24 cm³/mol. The Morgan fingerprint density at radius 1 is 0.333 bits per heavy atom. The van der Waals surface area contributed by atoms with Crippen molar-refractivity contribution in [1.82, 2.24) is 0 Å². The molecule has 0 bridgehead atoms. The van der Waals surface area contributed by atoms with Crippen LogP contribution in [-0.2, 0) is 124 Å². The van der Waals surface area contributed by atoms with Gasteiger partial charge in [-0.3, -0.25) is 0 Å². The summed E-state index contributed by atoms with van der Waals surface area (Å²) in [4.78, 5) is 0. The van der Waals surface area contributed by atoms with E-state index in [1.807, 2.05) is 0 Å². The molecule has 0 aromatic rings. The van der Waals surface area contributed by atoms with Gasteiger partial charge in [0.05, 0.1) is 0 Å². The molecule has 0 unspecified atom stereocenters. The fourth-order valence-corrected chi connectivity index (χ4v) is 0. The molecule has 0 radical (unpaired) electrons. The van der Waals surface area contributed by atoms with Crippen LogP contribution in [0.1, 0.15) is 0 Å². The summed E-state index contributed by atoms with van der Waals surface area (Å²) in [5.74, 6) is 0. The molecular formula is Mn4O16Zr. The molecular weight excluding hydrogens is 567 g/mol. The van der Waals surface area contributed by atoms with Crippen molar-refractivity contribution >= 4 is 0 Å². The molecule has 0 fully saturated rings. The molecule has 0 aliphatic heterocycles. The molecule has 0 spiro atoms. The normalized spacial score (nSPS) is 10.9. The molecule has 0 aliphatic rings. The van der Waals surface area contributed by atoms with Crippen molar-refractivity contribution < 1.29 is 141 Å². The summed E-state index contributed by atoms with van der Waals surface area (Å²) in [6.07, 6.45) is 0. The molecule has 21 heteroatoms. The zero-order valence-electron chi connectivity index (χ0n) is 8.54. The van der Waals surface area contributed by atoms with Crippen molar-refractivity contribution in [1.29, 1.82) is 0 Å². The van der Waals surface area contributed by atoms with Crippen molar-refractivity contribution in [2.45, 2.75) is 0 Å². The largest absolute Gasteiger partial charge is 4.00 e. The van der Waals surface area contributed by atoms with Crippen LogP contribution in [-0.4, -0.2) is 0 Å². The van der Waals surface area contributed by atoms with E-state index >= 15 is 0 Å². The summed E-state index contributed by atoms with van der Waals surface area (Å²) in [5.41, 5.74) is 0. The van der Waals surface area contributed by atoms with Crippen LogP contribution < -0.4 is 16.8 Å². The Hall–Kier alpha value is 0.401. The Kier molecular flexibility index (Phi) is 20.3. The summed E-state index contributed by atoms with van der Waals surface area (Å²) in [5, 5.41) is 0. The summed E-state index contributed by atoms with van der Waals surface area (Å²) in [6, 6.07) is 0. The monoisotopic (exact) mass is 566 g/mol. The Bertz CT molecular complexity index is 673. The van der Waals surface area contributed by atoms with Gasteiger partial charge in [-0.2, -0.15) is 0 Å². The molecule has 0 atom stereocenters. The zero-order valence-corrected chi connectivity index (χ0v) is 15.7. The van der Waals surface area contributed by atoms with Gasteiger partial charge < -0.3 is 0 Å². The molecule has 0 saturated carbocycles. The van der Waals surface area contributed by atoms with Gasteiger partial charge in [0.25, 0.3) is 0 Å². The predicted octanol–water partition coefficient (Wildman–Crippen LogP) is -6.19. The average molecular weight is 567 g/mol. The Morgan fingerprint density at radius 2 is 0.333 bits per heavy atom. The van der Waals surface area contributed by atoms with Gasteiger partial charge >= 0.3 is 141 Å². The van der Waals surface area contributed by atoms with Crippen molar-refractivity contribution in [3.8, 4) is 0 Å². The molecule has 0 rings (SSSR count). The number of hydrogen-bond donors (Lipinski definition) is 0. The minimum Gasteiger partial charge on any atom is 4.00 e. The maximum absolute atomic E-state index is 8.58. The third kappa shape index (κ3) is 43000. The van der Waals surface area contributed by atoms with Gasteiger partial charge in [0.2, 0.25) is 0 Å². The maximum Gasteiger partial charge on any atom is 4.00 e. The zero-order chi connectivity index (χ0) is 18.0. The van der Waals surface area contributed by atoms with E-state index in [-0.39, 0.29) is 26.2 Å².